The molecule has 0 radical (unpaired) electrons. The minimum absolute atomic E-state index is 0.517. The molecule has 3 aromatic carbocycles. The van der Waals surface area contributed by atoms with Gasteiger partial charge in [0.15, 0.2) is 0 Å². The lowest BCUT2D eigenvalue weighted by molar-refractivity contribution is 0.211. The van der Waals surface area contributed by atoms with E-state index in [-0.39, 0.29) is 0 Å². The van der Waals surface area contributed by atoms with E-state index < -0.39 is 0 Å². The maximum atomic E-state index is 2.61. The van der Waals surface area contributed by atoms with Crippen LogP contribution < -0.4 is 0 Å². The predicted octanol–water partition coefficient (Wildman–Crippen LogP) is 6.09. The second kappa shape index (κ2) is 9.21. The smallest absolute Gasteiger partial charge is 0.0142 e. The summed E-state index contributed by atoms with van der Waals surface area (Å²) in [6.07, 6.45) is 6.11. The summed E-state index contributed by atoms with van der Waals surface area (Å²) in [5, 5.41) is 0. The molecule has 28 heavy (non-hydrogen) atoms. The summed E-state index contributed by atoms with van der Waals surface area (Å²) < 4.78 is 0. The average Bonchev–Trinajstić information content (AvgIpc) is 2.77. The third-order valence-electron chi connectivity index (χ3n) is 6.29. The zero-order chi connectivity index (χ0) is 19.2. The highest BCUT2D eigenvalue weighted by Gasteiger charge is 2.29. The van der Waals surface area contributed by atoms with Gasteiger partial charge in [0.25, 0.3) is 0 Å². The van der Waals surface area contributed by atoms with E-state index in [4.69, 9.17) is 0 Å². The Kier molecular flexibility index (Phi) is 6.24. The Hall–Kier alpha value is -2.38. The first-order valence-corrected chi connectivity index (χ1v) is 10.7. The number of hydrogen-bond donors (Lipinski definition) is 0. The lowest BCUT2D eigenvalue weighted by Gasteiger charge is -2.37. The molecular formula is C27H31N. The van der Waals surface area contributed by atoms with Gasteiger partial charge in [0, 0.05) is 12.0 Å². The Morgan fingerprint density at radius 3 is 2.25 bits per heavy atom. The normalized spacial score (nSPS) is 18.8. The summed E-state index contributed by atoms with van der Waals surface area (Å²) in [6.45, 7) is 1.18. The van der Waals surface area contributed by atoms with E-state index >= 15 is 0 Å². The zero-order valence-electron chi connectivity index (χ0n) is 16.9. The maximum absolute atomic E-state index is 2.61. The van der Waals surface area contributed by atoms with E-state index in [1.54, 1.807) is 0 Å². The van der Waals surface area contributed by atoms with Crippen LogP contribution in [0.5, 0.6) is 0 Å². The van der Waals surface area contributed by atoms with E-state index in [1.807, 2.05) is 0 Å². The van der Waals surface area contributed by atoms with Crippen molar-refractivity contribution in [2.75, 3.05) is 13.6 Å². The topological polar surface area (TPSA) is 3.24 Å². The van der Waals surface area contributed by atoms with E-state index in [0.29, 0.717) is 12.0 Å². The fourth-order valence-corrected chi connectivity index (χ4v) is 4.65. The lowest BCUT2D eigenvalue weighted by Crippen LogP contribution is -2.38. The number of rotatable bonds is 7. The van der Waals surface area contributed by atoms with Crippen molar-refractivity contribution in [1.82, 2.24) is 4.90 Å². The first-order chi connectivity index (χ1) is 13.8. The van der Waals surface area contributed by atoms with E-state index in [9.17, 15) is 0 Å². The van der Waals surface area contributed by atoms with Crippen molar-refractivity contribution in [2.45, 2.75) is 44.1 Å². The molecule has 2 atom stereocenters. The summed E-state index contributed by atoms with van der Waals surface area (Å²) in [5.74, 6) is 0.517. The monoisotopic (exact) mass is 369 g/mol. The highest BCUT2D eigenvalue weighted by molar-refractivity contribution is 5.41. The molecule has 0 aliphatic heterocycles. The van der Waals surface area contributed by atoms with Crippen molar-refractivity contribution in [1.29, 1.82) is 0 Å². The average molecular weight is 370 g/mol. The number of fused-ring (bicyclic) bond motifs is 1. The molecule has 3 aromatic rings. The first-order valence-electron chi connectivity index (χ1n) is 10.7. The predicted molar refractivity (Wildman–Crippen MR) is 119 cm³/mol. The molecule has 1 aliphatic carbocycles. The Morgan fingerprint density at radius 1 is 0.786 bits per heavy atom. The van der Waals surface area contributed by atoms with Crippen LogP contribution >= 0.6 is 0 Å². The highest BCUT2D eigenvalue weighted by Crippen LogP contribution is 2.38. The fourth-order valence-electron chi connectivity index (χ4n) is 4.65. The van der Waals surface area contributed by atoms with Crippen LogP contribution in [0.15, 0.2) is 84.9 Å². The van der Waals surface area contributed by atoms with Crippen LogP contribution in [0.4, 0.5) is 0 Å². The standard InChI is InChI=1S/C27H31N/c1-28(19-11-10-14-22-12-4-2-5-13-22)25-20-24-17-8-9-18-26(24)27(21-25)23-15-6-3-7-16-23/h2-9,12-13,15-18,25,27H,10-11,14,19-21H2,1H3/t25-,27-/m0/s1. The first kappa shape index (κ1) is 19.0. The van der Waals surface area contributed by atoms with Crippen molar-refractivity contribution >= 4 is 0 Å². The van der Waals surface area contributed by atoms with Gasteiger partial charge in [-0.15, -0.1) is 0 Å². The second-order valence-electron chi connectivity index (χ2n) is 8.18. The van der Waals surface area contributed by atoms with Crippen LogP contribution in [-0.2, 0) is 12.8 Å². The van der Waals surface area contributed by atoms with Crippen molar-refractivity contribution < 1.29 is 0 Å². The SMILES string of the molecule is CN(CCCCc1ccccc1)[C@H]1Cc2ccccc2[C@H](c2ccccc2)C1. The van der Waals surface area contributed by atoms with Crippen LogP contribution in [0.3, 0.4) is 0 Å². The Morgan fingerprint density at radius 2 is 1.46 bits per heavy atom. The molecule has 144 valence electrons. The van der Waals surface area contributed by atoms with Crippen LogP contribution in [0.1, 0.15) is 47.4 Å². The fraction of sp³-hybridized carbons (Fsp3) is 0.333. The third kappa shape index (κ3) is 4.54. The molecule has 4 rings (SSSR count). The van der Waals surface area contributed by atoms with E-state index in [0.717, 1.165) is 0 Å². The molecular weight excluding hydrogens is 338 g/mol. The van der Waals surface area contributed by atoms with Gasteiger partial charge in [0.05, 0.1) is 0 Å². The Labute approximate surface area is 170 Å². The van der Waals surface area contributed by atoms with Gasteiger partial charge in [-0.2, -0.15) is 0 Å². The Balaban J connectivity index is 1.39. The molecule has 0 saturated heterocycles. The molecule has 0 spiro atoms. The molecule has 0 aromatic heterocycles. The lowest BCUT2D eigenvalue weighted by atomic mass is 9.76. The van der Waals surface area contributed by atoms with Gasteiger partial charge in [-0.1, -0.05) is 84.9 Å². The number of hydrogen-bond acceptors (Lipinski definition) is 1. The quantitative estimate of drug-likeness (QED) is 0.456. The van der Waals surface area contributed by atoms with Crippen LogP contribution in [-0.4, -0.2) is 24.5 Å². The molecule has 0 N–H and O–H groups in total. The minimum Gasteiger partial charge on any atom is -0.303 e. The zero-order valence-corrected chi connectivity index (χ0v) is 16.9. The van der Waals surface area contributed by atoms with Gasteiger partial charge in [-0.3, -0.25) is 0 Å². The van der Waals surface area contributed by atoms with Gasteiger partial charge < -0.3 is 4.90 Å². The molecule has 0 amide bonds. The van der Waals surface area contributed by atoms with Crippen molar-refractivity contribution in [3.63, 3.8) is 0 Å². The second-order valence-corrected chi connectivity index (χ2v) is 8.18. The number of aryl methyl sites for hydroxylation is 1. The highest BCUT2D eigenvalue weighted by atomic mass is 15.1. The maximum Gasteiger partial charge on any atom is 0.0142 e. The molecule has 0 fully saturated rings. The van der Waals surface area contributed by atoms with Crippen LogP contribution in [0.25, 0.3) is 0 Å². The largest absolute Gasteiger partial charge is 0.303 e. The third-order valence-corrected chi connectivity index (χ3v) is 6.29. The molecule has 0 unspecified atom stereocenters. The number of benzene rings is 3. The van der Waals surface area contributed by atoms with Crippen LogP contribution in [0.2, 0.25) is 0 Å². The van der Waals surface area contributed by atoms with E-state index in [1.165, 1.54) is 60.9 Å². The van der Waals surface area contributed by atoms with E-state index in [2.05, 4.69) is 96.9 Å². The molecule has 0 heterocycles. The van der Waals surface area contributed by atoms with Gasteiger partial charge in [-0.25, -0.2) is 0 Å². The van der Waals surface area contributed by atoms with Gasteiger partial charge in [0.1, 0.15) is 0 Å². The summed E-state index contributed by atoms with van der Waals surface area (Å²) in [7, 11) is 2.32. The van der Waals surface area contributed by atoms with Gasteiger partial charge in [0.2, 0.25) is 0 Å². The van der Waals surface area contributed by atoms with Gasteiger partial charge >= 0.3 is 0 Å². The van der Waals surface area contributed by atoms with Crippen molar-refractivity contribution in [3.8, 4) is 0 Å². The minimum atomic E-state index is 0.517. The molecule has 1 aliphatic rings. The van der Waals surface area contributed by atoms with Crippen LogP contribution in [0, 0.1) is 0 Å². The molecule has 0 bridgehead atoms. The number of likely N-dealkylation sites (N-methyl/N-ethyl adjacent to an activating group) is 1. The molecule has 0 saturated carbocycles. The summed E-state index contributed by atoms with van der Waals surface area (Å²) in [5.41, 5.74) is 5.98. The summed E-state index contributed by atoms with van der Waals surface area (Å²) in [6, 6.07) is 31.6. The summed E-state index contributed by atoms with van der Waals surface area (Å²) >= 11 is 0. The summed E-state index contributed by atoms with van der Waals surface area (Å²) in [4.78, 5) is 2.61. The van der Waals surface area contributed by atoms with Gasteiger partial charge in [-0.05, 0) is 68.0 Å². The molecule has 1 nitrogen and oxygen atoms in total. The number of nitrogens with zero attached hydrogens (tertiary/aromatic N) is 1. The number of unbranched alkanes of at least 4 members (excludes halogenated alkanes) is 1. The molecule has 1 heteroatoms. The van der Waals surface area contributed by atoms with Crippen molar-refractivity contribution in [3.05, 3.63) is 107 Å². The van der Waals surface area contributed by atoms with Crippen molar-refractivity contribution in [2.24, 2.45) is 0 Å². The Bertz CT molecular complexity index is 856.